The molecule has 0 aromatic heterocycles. The minimum absolute atomic E-state index is 0.00758. The maximum Gasteiger partial charge on any atom is 0.325 e. The maximum absolute atomic E-state index is 12.7. The van der Waals surface area contributed by atoms with E-state index in [1.54, 1.807) is 0 Å². The Morgan fingerprint density at radius 3 is 2.40 bits per heavy atom. The summed E-state index contributed by atoms with van der Waals surface area (Å²) in [5, 5.41) is 3.75. The maximum atomic E-state index is 12.7. The highest BCUT2D eigenvalue weighted by Crippen LogP contribution is 2.39. The molecule has 20 heavy (non-hydrogen) atoms. The standard InChI is InChI=1S/C14H21BrN2O3/c15-9-13(5-7-20-8-6-13)10-17-11(18)14(16-12(17)19)3-1-2-4-14/h1-10H2,(H,16,19). The second-order valence-corrected chi connectivity index (χ2v) is 6.92. The Hall–Kier alpha value is -0.620. The monoisotopic (exact) mass is 344 g/mol. The van der Waals surface area contributed by atoms with Gasteiger partial charge < -0.3 is 10.1 Å². The van der Waals surface area contributed by atoms with Crippen molar-refractivity contribution in [3.8, 4) is 0 Å². The number of halogens is 1. The number of rotatable bonds is 3. The molecule has 3 amide bonds. The van der Waals surface area contributed by atoms with E-state index in [1.165, 1.54) is 4.90 Å². The summed E-state index contributed by atoms with van der Waals surface area (Å²) in [6, 6.07) is -0.205. The molecule has 0 unspecified atom stereocenters. The van der Waals surface area contributed by atoms with E-state index in [-0.39, 0.29) is 17.4 Å². The number of alkyl halides is 1. The second-order valence-electron chi connectivity index (χ2n) is 6.36. The van der Waals surface area contributed by atoms with Crippen LogP contribution in [0.4, 0.5) is 4.79 Å². The van der Waals surface area contributed by atoms with Gasteiger partial charge in [-0.05, 0) is 25.7 Å². The van der Waals surface area contributed by atoms with Crippen LogP contribution < -0.4 is 5.32 Å². The number of urea groups is 1. The van der Waals surface area contributed by atoms with Crippen LogP contribution in [0.1, 0.15) is 38.5 Å². The third-order valence-corrected chi connectivity index (χ3v) is 6.22. The van der Waals surface area contributed by atoms with E-state index < -0.39 is 5.54 Å². The van der Waals surface area contributed by atoms with E-state index in [1.807, 2.05) is 0 Å². The molecule has 0 radical (unpaired) electrons. The molecule has 0 atom stereocenters. The Kier molecular flexibility index (Phi) is 3.79. The first-order chi connectivity index (χ1) is 9.61. The van der Waals surface area contributed by atoms with Crippen molar-refractivity contribution in [3.05, 3.63) is 0 Å². The predicted molar refractivity (Wildman–Crippen MR) is 77.7 cm³/mol. The lowest BCUT2D eigenvalue weighted by Crippen LogP contribution is -2.47. The lowest BCUT2D eigenvalue weighted by Gasteiger charge is -2.37. The first kappa shape index (κ1) is 14.3. The molecule has 2 aliphatic heterocycles. The van der Waals surface area contributed by atoms with Crippen LogP contribution in [-0.4, -0.2) is 47.5 Å². The zero-order valence-electron chi connectivity index (χ0n) is 11.6. The molecule has 1 saturated carbocycles. The Labute approximate surface area is 127 Å². The van der Waals surface area contributed by atoms with Gasteiger partial charge in [0.25, 0.3) is 5.91 Å². The molecule has 0 aromatic carbocycles. The molecular weight excluding hydrogens is 324 g/mol. The SMILES string of the molecule is O=C1NC2(CCCC2)C(=O)N1CC1(CBr)CCOCC1. The van der Waals surface area contributed by atoms with Gasteiger partial charge in [0.05, 0.1) is 0 Å². The summed E-state index contributed by atoms with van der Waals surface area (Å²) in [5.74, 6) is -0.00758. The van der Waals surface area contributed by atoms with Crippen molar-refractivity contribution < 1.29 is 14.3 Å². The number of carbonyl (C=O) groups is 2. The molecular formula is C14H21BrN2O3. The Morgan fingerprint density at radius 2 is 1.80 bits per heavy atom. The highest BCUT2D eigenvalue weighted by molar-refractivity contribution is 9.09. The fourth-order valence-electron chi connectivity index (χ4n) is 3.61. The number of nitrogens with one attached hydrogen (secondary N) is 1. The third-order valence-electron chi connectivity index (χ3n) is 5.03. The largest absolute Gasteiger partial charge is 0.381 e. The average Bonchev–Trinajstić information content (AvgIpc) is 3.02. The van der Waals surface area contributed by atoms with Crippen molar-refractivity contribution >= 4 is 27.9 Å². The van der Waals surface area contributed by atoms with Crippen molar-refractivity contribution in [2.24, 2.45) is 5.41 Å². The van der Waals surface area contributed by atoms with Crippen LogP contribution in [0.2, 0.25) is 0 Å². The Balaban J connectivity index is 1.76. The van der Waals surface area contributed by atoms with Crippen LogP contribution in [0.3, 0.4) is 0 Å². The molecule has 2 heterocycles. The molecule has 3 fully saturated rings. The van der Waals surface area contributed by atoms with Crippen LogP contribution in [0, 0.1) is 5.41 Å². The molecule has 112 valence electrons. The molecule has 1 N–H and O–H groups in total. The number of hydrogen-bond acceptors (Lipinski definition) is 3. The van der Waals surface area contributed by atoms with Gasteiger partial charge in [-0.1, -0.05) is 28.8 Å². The number of amides is 3. The van der Waals surface area contributed by atoms with E-state index in [4.69, 9.17) is 4.74 Å². The Bertz CT molecular complexity index is 415. The molecule has 5 nitrogen and oxygen atoms in total. The van der Waals surface area contributed by atoms with Gasteiger partial charge in [0.15, 0.2) is 0 Å². The minimum atomic E-state index is -0.588. The number of carbonyl (C=O) groups excluding carboxylic acids is 2. The van der Waals surface area contributed by atoms with E-state index in [9.17, 15) is 9.59 Å². The van der Waals surface area contributed by atoms with Gasteiger partial charge in [0.1, 0.15) is 5.54 Å². The summed E-state index contributed by atoms with van der Waals surface area (Å²) in [6.45, 7) is 1.93. The summed E-state index contributed by atoms with van der Waals surface area (Å²) < 4.78 is 5.41. The number of ether oxygens (including phenoxy) is 1. The lowest BCUT2D eigenvalue weighted by molar-refractivity contribution is -0.132. The highest BCUT2D eigenvalue weighted by Gasteiger charge is 2.53. The zero-order valence-corrected chi connectivity index (χ0v) is 13.2. The van der Waals surface area contributed by atoms with Crippen LogP contribution in [0.15, 0.2) is 0 Å². The van der Waals surface area contributed by atoms with E-state index in [0.29, 0.717) is 19.8 Å². The molecule has 3 aliphatic rings. The van der Waals surface area contributed by atoms with Crippen LogP contribution >= 0.6 is 15.9 Å². The molecule has 3 rings (SSSR count). The quantitative estimate of drug-likeness (QED) is 0.629. The van der Waals surface area contributed by atoms with Gasteiger partial charge in [-0.25, -0.2) is 4.79 Å². The predicted octanol–water partition coefficient (Wildman–Crippen LogP) is 2.04. The number of hydrogen-bond donors (Lipinski definition) is 1. The van der Waals surface area contributed by atoms with Gasteiger partial charge in [-0.3, -0.25) is 9.69 Å². The minimum Gasteiger partial charge on any atom is -0.381 e. The zero-order chi connectivity index (χ0) is 14.2. The van der Waals surface area contributed by atoms with Crippen LogP contribution in [0.25, 0.3) is 0 Å². The van der Waals surface area contributed by atoms with E-state index >= 15 is 0 Å². The summed E-state index contributed by atoms with van der Waals surface area (Å²) >= 11 is 3.57. The first-order valence-corrected chi connectivity index (χ1v) is 8.51. The average molecular weight is 345 g/mol. The van der Waals surface area contributed by atoms with Gasteiger partial charge in [-0.2, -0.15) is 0 Å². The molecule has 0 bridgehead atoms. The summed E-state index contributed by atoms with van der Waals surface area (Å²) in [6.07, 6.45) is 5.41. The molecule has 2 saturated heterocycles. The Morgan fingerprint density at radius 1 is 1.15 bits per heavy atom. The first-order valence-electron chi connectivity index (χ1n) is 7.39. The summed E-state index contributed by atoms with van der Waals surface area (Å²) in [7, 11) is 0. The van der Waals surface area contributed by atoms with Crippen molar-refractivity contribution in [1.29, 1.82) is 0 Å². The van der Waals surface area contributed by atoms with Gasteiger partial charge in [0, 0.05) is 30.5 Å². The summed E-state index contributed by atoms with van der Waals surface area (Å²) in [5.41, 5.74) is -0.620. The van der Waals surface area contributed by atoms with Gasteiger partial charge in [-0.15, -0.1) is 0 Å². The van der Waals surface area contributed by atoms with Crippen molar-refractivity contribution in [2.75, 3.05) is 25.1 Å². The topological polar surface area (TPSA) is 58.6 Å². The molecule has 1 spiro atoms. The number of nitrogens with zero attached hydrogens (tertiary/aromatic N) is 1. The smallest absolute Gasteiger partial charge is 0.325 e. The van der Waals surface area contributed by atoms with Crippen LogP contribution in [-0.2, 0) is 9.53 Å². The third kappa shape index (κ3) is 2.26. The van der Waals surface area contributed by atoms with Crippen molar-refractivity contribution in [3.63, 3.8) is 0 Å². The second kappa shape index (κ2) is 5.30. The highest BCUT2D eigenvalue weighted by atomic mass is 79.9. The van der Waals surface area contributed by atoms with Crippen molar-refractivity contribution in [2.45, 2.75) is 44.1 Å². The molecule has 1 aliphatic carbocycles. The molecule has 6 heteroatoms. The fraction of sp³-hybridized carbons (Fsp3) is 0.857. The molecule has 0 aromatic rings. The fourth-order valence-corrected chi connectivity index (χ4v) is 4.35. The van der Waals surface area contributed by atoms with Crippen LogP contribution in [0.5, 0.6) is 0 Å². The van der Waals surface area contributed by atoms with Gasteiger partial charge in [0.2, 0.25) is 0 Å². The van der Waals surface area contributed by atoms with Gasteiger partial charge >= 0.3 is 6.03 Å². The lowest BCUT2D eigenvalue weighted by atomic mass is 9.81. The van der Waals surface area contributed by atoms with Crippen molar-refractivity contribution in [1.82, 2.24) is 10.2 Å². The normalized spacial score (nSPS) is 28.1. The summed E-state index contributed by atoms with van der Waals surface area (Å²) in [4.78, 5) is 26.3. The van der Waals surface area contributed by atoms with E-state index in [0.717, 1.165) is 43.9 Å². The van der Waals surface area contributed by atoms with E-state index in [2.05, 4.69) is 21.2 Å². The number of imide groups is 1.